The van der Waals surface area contributed by atoms with E-state index in [-0.39, 0.29) is 51.5 Å². The average Bonchev–Trinajstić information content (AvgIpc) is 2.80. The first-order valence-corrected chi connectivity index (χ1v) is 7.81. The summed E-state index contributed by atoms with van der Waals surface area (Å²) in [6, 6.07) is 0. The third-order valence-corrected chi connectivity index (χ3v) is 5.44. The van der Waals surface area contributed by atoms with Crippen LogP contribution in [0.2, 0.25) is 0 Å². The summed E-state index contributed by atoms with van der Waals surface area (Å²) < 4.78 is 10.4. The van der Waals surface area contributed by atoms with Gasteiger partial charge in [0.2, 0.25) is 0 Å². The van der Waals surface area contributed by atoms with E-state index in [1.165, 1.54) is 0 Å². The second kappa shape index (κ2) is 14.7. The Morgan fingerprint density at radius 1 is 0.957 bits per heavy atom. The molecule has 6 heteroatoms. The largest absolute Gasteiger partial charge is 0.461 e. The van der Waals surface area contributed by atoms with Crippen LogP contribution >= 0.6 is 23.5 Å². The summed E-state index contributed by atoms with van der Waals surface area (Å²) in [5.41, 5.74) is 0.808. The minimum absolute atomic E-state index is 0. The van der Waals surface area contributed by atoms with Gasteiger partial charge in [0, 0.05) is 22.1 Å². The van der Waals surface area contributed by atoms with E-state index < -0.39 is 0 Å². The molecule has 0 aromatic rings. The van der Waals surface area contributed by atoms with Crippen LogP contribution in [0.4, 0.5) is 0 Å². The third-order valence-electron chi connectivity index (χ3n) is 2.26. The molecule has 0 bridgehead atoms. The van der Waals surface area contributed by atoms with Gasteiger partial charge in [0.1, 0.15) is 13.2 Å². The molecule has 0 aromatic carbocycles. The van der Waals surface area contributed by atoms with Crippen molar-refractivity contribution in [3.63, 3.8) is 0 Å². The van der Waals surface area contributed by atoms with E-state index in [2.05, 4.69) is 13.2 Å². The van der Waals surface area contributed by atoms with Crippen molar-refractivity contribution in [3.05, 3.63) is 24.3 Å². The average molecular weight is 367 g/mol. The number of rotatable bonds is 6. The van der Waals surface area contributed by atoms with Gasteiger partial charge in [-0.05, 0) is 13.8 Å². The lowest BCUT2D eigenvalue weighted by Crippen LogP contribution is -2.17. The van der Waals surface area contributed by atoms with Crippen molar-refractivity contribution in [1.82, 2.24) is 0 Å². The lowest BCUT2D eigenvalue weighted by Gasteiger charge is -2.11. The lowest BCUT2D eigenvalue weighted by atomic mass is 10.4. The van der Waals surface area contributed by atoms with E-state index in [0.29, 0.717) is 24.4 Å². The number of ether oxygens (including phenoxy) is 2. The molecule has 2 unspecified atom stereocenters. The first kappa shape index (κ1) is 30.1. The van der Waals surface area contributed by atoms with Crippen molar-refractivity contribution in [2.75, 3.05) is 19.0 Å². The molecule has 2 atom stereocenters. The second-order valence-electron chi connectivity index (χ2n) is 4.28. The highest BCUT2D eigenvalue weighted by molar-refractivity contribution is 8.20. The predicted molar refractivity (Wildman–Crippen MR) is 106 cm³/mol. The van der Waals surface area contributed by atoms with Gasteiger partial charge < -0.3 is 9.47 Å². The number of esters is 2. The molecule has 0 aliphatic carbocycles. The third kappa shape index (κ3) is 11.3. The Morgan fingerprint density at radius 3 is 1.83 bits per heavy atom. The minimum atomic E-state index is -0.363. The molecule has 0 amide bonds. The maximum atomic E-state index is 11.3. The molecule has 0 spiro atoms. The van der Waals surface area contributed by atoms with Gasteiger partial charge in [-0.15, -0.1) is 23.5 Å². The summed E-state index contributed by atoms with van der Waals surface area (Å²) in [6.45, 7) is 11.0. The molecule has 0 aromatic heterocycles. The highest BCUT2D eigenvalue weighted by Gasteiger charge is 2.28. The van der Waals surface area contributed by atoms with Gasteiger partial charge in [0.25, 0.3) is 0 Å². The van der Waals surface area contributed by atoms with Crippen LogP contribution in [0.3, 0.4) is 0 Å². The molecule has 138 valence electrons. The Balaban J connectivity index is -0.000000451. The van der Waals surface area contributed by atoms with Crippen LogP contribution in [0.5, 0.6) is 0 Å². The summed E-state index contributed by atoms with van der Waals surface area (Å²) in [7, 11) is 0. The lowest BCUT2D eigenvalue weighted by molar-refractivity contribution is -0.139. The number of carbonyl (C=O) groups is 2. The molecular weight excluding hydrogens is 332 g/mol. The molecular formula is C17H34O4S2. The molecule has 1 rings (SSSR count). The zero-order chi connectivity index (χ0) is 14.4. The Morgan fingerprint density at radius 2 is 1.39 bits per heavy atom. The second-order valence-corrected chi connectivity index (χ2v) is 7.32. The van der Waals surface area contributed by atoms with Crippen molar-refractivity contribution in [2.45, 2.75) is 53.4 Å². The topological polar surface area (TPSA) is 52.6 Å². The van der Waals surface area contributed by atoms with Gasteiger partial charge in [-0.1, -0.05) is 42.9 Å². The molecule has 4 nitrogen and oxygen atoms in total. The fourth-order valence-corrected chi connectivity index (χ4v) is 4.23. The Labute approximate surface area is 151 Å². The Hall–Kier alpha value is -0.880. The van der Waals surface area contributed by atoms with Crippen LogP contribution in [0.15, 0.2) is 24.3 Å². The first-order valence-electron chi connectivity index (χ1n) is 5.82. The molecule has 1 aliphatic rings. The first-order chi connectivity index (χ1) is 8.90. The van der Waals surface area contributed by atoms with E-state index in [0.717, 1.165) is 5.75 Å². The van der Waals surface area contributed by atoms with Crippen molar-refractivity contribution in [1.29, 1.82) is 0 Å². The SMILES string of the molecule is C.C.C.C.C=C(C)C(=O)OCC1CSC(COC(=O)C(=C)C)S1. The summed E-state index contributed by atoms with van der Waals surface area (Å²) in [4.78, 5) is 22.5. The van der Waals surface area contributed by atoms with Crippen LogP contribution < -0.4 is 0 Å². The summed E-state index contributed by atoms with van der Waals surface area (Å²) >= 11 is 3.37. The molecule has 1 fully saturated rings. The monoisotopic (exact) mass is 366 g/mol. The summed E-state index contributed by atoms with van der Waals surface area (Å²) in [6.07, 6.45) is 0. The molecule has 1 aliphatic heterocycles. The quantitative estimate of drug-likeness (QED) is 0.490. The molecule has 1 saturated heterocycles. The Bertz CT molecular complexity index is 358. The normalized spacial score (nSPS) is 18.0. The van der Waals surface area contributed by atoms with Crippen LogP contribution in [0, 0.1) is 0 Å². The standard InChI is InChI=1S/C13H18O4S2.4CH4/c1-8(2)12(14)16-5-10-7-18-11(19-10)6-17-13(15)9(3)4;;;;/h10-11H,1,3,5-7H2,2,4H3;4*1H4. The van der Waals surface area contributed by atoms with Crippen LogP contribution in [-0.2, 0) is 19.1 Å². The molecule has 1 heterocycles. The molecule has 0 saturated carbocycles. The van der Waals surface area contributed by atoms with Crippen LogP contribution in [0.1, 0.15) is 43.6 Å². The maximum Gasteiger partial charge on any atom is 0.333 e. The smallest absolute Gasteiger partial charge is 0.333 e. The van der Waals surface area contributed by atoms with Crippen LogP contribution in [-0.4, -0.2) is 40.7 Å². The van der Waals surface area contributed by atoms with E-state index in [1.807, 2.05) is 0 Å². The van der Waals surface area contributed by atoms with Gasteiger partial charge in [0.05, 0.1) is 4.58 Å². The van der Waals surface area contributed by atoms with Gasteiger partial charge in [-0.25, -0.2) is 9.59 Å². The van der Waals surface area contributed by atoms with Gasteiger partial charge in [0.15, 0.2) is 0 Å². The predicted octanol–water partition coefficient (Wildman–Crippen LogP) is 4.94. The van der Waals surface area contributed by atoms with Gasteiger partial charge in [-0.2, -0.15) is 0 Å². The fraction of sp³-hybridized carbons (Fsp3) is 0.647. The number of hydrogen-bond acceptors (Lipinski definition) is 6. The minimum Gasteiger partial charge on any atom is -0.461 e. The van der Waals surface area contributed by atoms with Gasteiger partial charge in [-0.3, -0.25) is 0 Å². The summed E-state index contributed by atoms with van der Waals surface area (Å²) in [5, 5.41) is 0.238. The van der Waals surface area contributed by atoms with E-state index >= 15 is 0 Å². The maximum absolute atomic E-state index is 11.3. The van der Waals surface area contributed by atoms with E-state index in [1.54, 1.807) is 37.4 Å². The fourth-order valence-electron chi connectivity index (χ4n) is 1.24. The van der Waals surface area contributed by atoms with E-state index in [9.17, 15) is 9.59 Å². The zero-order valence-corrected chi connectivity index (χ0v) is 12.8. The molecule has 0 radical (unpaired) electrons. The number of thioether (sulfide) groups is 2. The summed E-state index contributed by atoms with van der Waals surface area (Å²) in [5.74, 6) is 0.157. The highest BCUT2D eigenvalue weighted by Crippen LogP contribution is 2.38. The molecule has 0 N–H and O–H groups in total. The van der Waals surface area contributed by atoms with Crippen molar-refractivity contribution in [3.8, 4) is 0 Å². The number of carbonyl (C=O) groups excluding carboxylic acids is 2. The van der Waals surface area contributed by atoms with Crippen LogP contribution in [0.25, 0.3) is 0 Å². The highest BCUT2D eigenvalue weighted by atomic mass is 32.2. The van der Waals surface area contributed by atoms with Gasteiger partial charge >= 0.3 is 11.9 Å². The van der Waals surface area contributed by atoms with Crippen molar-refractivity contribution >= 4 is 35.5 Å². The van der Waals surface area contributed by atoms with E-state index in [4.69, 9.17) is 9.47 Å². The van der Waals surface area contributed by atoms with Crippen molar-refractivity contribution < 1.29 is 19.1 Å². The zero-order valence-electron chi connectivity index (χ0n) is 11.1. The van der Waals surface area contributed by atoms with Crippen molar-refractivity contribution in [2.24, 2.45) is 0 Å². The Kier molecular flexibility index (Phi) is 19.2. The number of hydrogen-bond donors (Lipinski definition) is 0. The molecule has 23 heavy (non-hydrogen) atoms.